The second kappa shape index (κ2) is 12.6. The summed E-state index contributed by atoms with van der Waals surface area (Å²) >= 11 is 0. The highest BCUT2D eigenvalue weighted by atomic mass is 16.5. The maximum Gasteiger partial charge on any atom is 0.269 e. The minimum Gasteiger partial charge on any atom is -0.490 e. The average molecular weight is 496 g/mol. The lowest BCUT2D eigenvalue weighted by molar-refractivity contribution is -0.121. The first-order valence-electron chi connectivity index (χ1n) is 12.0. The van der Waals surface area contributed by atoms with Crippen LogP contribution in [0.2, 0.25) is 0 Å². The first-order chi connectivity index (χ1) is 17.4. The van der Waals surface area contributed by atoms with Crippen molar-refractivity contribution in [2.75, 3.05) is 19.8 Å². The molecular formula is C27H33N3O6. The quantitative estimate of drug-likeness (QED) is 0.375. The van der Waals surface area contributed by atoms with E-state index in [0.29, 0.717) is 55.1 Å². The van der Waals surface area contributed by atoms with Gasteiger partial charge in [-0.2, -0.15) is 0 Å². The van der Waals surface area contributed by atoms with Gasteiger partial charge in [0.1, 0.15) is 0 Å². The van der Waals surface area contributed by atoms with E-state index >= 15 is 0 Å². The van der Waals surface area contributed by atoms with Gasteiger partial charge >= 0.3 is 0 Å². The van der Waals surface area contributed by atoms with Crippen LogP contribution in [0.15, 0.2) is 40.9 Å². The number of benzene rings is 2. The fourth-order valence-corrected chi connectivity index (χ4v) is 3.46. The predicted molar refractivity (Wildman–Crippen MR) is 135 cm³/mol. The SMILES string of the molecule is CCOc1cc(C(=O)NNC(=O)CCc2ncc(-c3ccc(C)c(C)c3)o2)cc(OCC)c1OCC. The molecule has 3 aromatic rings. The Morgan fingerprint density at radius 2 is 1.56 bits per heavy atom. The molecule has 0 aliphatic rings. The number of hydrogen-bond acceptors (Lipinski definition) is 7. The Hall–Kier alpha value is -4.01. The van der Waals surface area contributed by atoms with Crippen LogP contribution in [-0.2, 0) is 11.2 Å². The molecule has 36 heavy (non-hydrogen) atoms. The van der Waals surface area contributed by atoms with E-state index in [4.69, 9.17) is 18.6 Å². The molecule has 0 saturated heterocycles. The van der Waals surface area contributed by atoms with E-state index in [0.717, 1.165) is 11.1 Å². The number of aromatic nitrogens is 1. The van der Waals surface area contributed by atoms with E-state index < -0.39 is 5.91 Å². The fraction of sp³-hybridized carbons (Fsp3) is 0.370. The van der Waals surface area contributed by atoms with Crippen LogP contribution in [0.3, 0.4) is 0 Å². The number of nitrogens with zero attached hydrogens (tertiary/aromatic N) is 1. The Labute approximate surface area is 211 Å². The van der Waals surface area contributed by atoms with Crippen LogP contribution in [0.25, 0.3) is 11.3 Å². The third-order valence-electron chi connectivity index (χ3n) is 5.40. The van der Waals surface area contributed by atoms with Crippen molar-refractivity contribution in [3.05, 3.63) is 59.1 Å². The van der Waals surface area contributed by atoms with Gasteiger partial charge in [-0.25, -0.2) is 4.98 Å². The van der Waals surface area contributed by atoms with Crippen molar-refractivity contribution in [1.29, 1.82) is 0 Å². The molecule has 0 aliphatic carbocycles. The highest BCUT2D eigenvalue weighted by Gasteiger charge is 2.19. The number of rotatable bonds is 11. The molecule has 3 rings (SSSR count). The number of oxazole rings is 1. The summed E-state index contributed by atoms with van der Waals surface area (Å²) in [5.74, 6) is 1.42. The Morgan fingerprint density at radius 3 is 2.17 bits per heavy atom. The Kier molecular flexibility index (Phi) is 9.32. The zero-order valence-electron chi connectivity index (χ0n) is 21.4. The molecule has 0 spiro atoms. The van der Waals surface area contributed by atoms with Crippen molar-refractivity contribution in [2.24, 2.45) is 0 Å². The molecule has 0 fully saturated rings. The number of carbonyl (C=O) groups is 2. The third kappa shape index (κ3) is 6.78. The van der Waals surface area contributed by atoms with Crippen molar-refractivity contribution in [3.63, 3.8) is 0 Å². The van der Waals surface area contributed by atoms with Crippen LogP contribution >= 0.6 is 0 Å². The molecule has 0 saturated carbocycles. The van der Waals surface area contributed by atoms with Crippen molar-refractivity contribution >= 4 is 11.8 Å². The molecule has 1 aromatic heterocycles. The van der Waals surface area contributed by atoms with Gasteiger partial charge in [-0.05, 0) is 63.9 Å². The van der Waals surface area contributed by atoms with Crippen molar-refractivity contribution in [2.45, 2.75) is 47.5 Å². The largest absolute Gasteiger partial charge is 0.490 e. The number of hydrazine groups is 1. The van der Waals surface area contributed by atoms with Gasteiger partial charge in [-0.1, -0.05) is 12.1 Å². The number of amides is 2. The third-order valence-corrected chi connectivity index (χ3v) is 5.40. The lowest BCUT2D eigenvalue weighted by Crippen LogP contribution is -2.41. The fourth-order valence-electron chi connectivity index (χ4n) is 3.46. The Balaban J connectivity index is 1.59. The molecule has 9 heteroatoms. The van der Waals surface area contributed by atoms with Crippen molar-refractivity contribution in [1.82, 2.24) is 15.8 Å². The topological polar surface area (TPSA) is 112 Å². The molecule has 0 atom stereocenters. The zero-order valence-corrected chi connectivity index (χ0v) is 21.4. The molecule has 0 bridgehead atoms. The molecule has 192 valence electrons. The predicted octanol–water partition coefficient (Wildman–Crippen LogP) is 4.55. The molecule has 2 amide bonds. The first-order valence-corrected chi connectivity index (χ1v) is 12.0. The first kappa shape index (κ1) is 26.6. The summed E-state index contributed by atoms with van der Waals surface area (Å²) in [7, 11) is 0. The van der Waals surface area contributed by atoms with Gasteiger partial charge in [0.2, 0.25) is 11.7 Å². The minimum absolute atomic E-state index is 0.0881. The number of aryl methyl sites for hydroxylation is 3. The van der Waals surface area contributed by atoms with Gasteiger partial charge < -0.3 is 18.6 Å². The zero-order chi connectivity index (χ0) is 26.1. The number of hydrogen-bond donors (Lipinski definition) is 2. The molecular weight excluding hydrogens is 462 g/mol. The van der Waals surface area contributed by atoms with E-state index in [-0.39, 0.29) is 17.9 Å². The van der Waals surface area contributed by atoms with Crippen LogP contribution < -0.4 is 25.1 Å². The summed E-state index contributed by atoms with van der Waals surface area (Å²) in [6, 6.07) is 9.15. The molecule has 2 aromatic carbocycles. The average Bonchev–Trinajstić information content (AvgIpc) is 3.34. The van der Waals surface area contributed by atoms with Gasteiger partial charge in [0.25, 0.3) is 5.91 Å². The Morgan fingerprint density at radius 1 is 0.889 bits per heavy atom. The standard InChI is InChI=1S/C27H33N3O6/c1-6-33-21-14-20(15-22(34-7-2)26(21)35-8-3)27(32)30-29-24(31)11-12-25-28-16-23(36-25)19-10-9-17(4)18(5)13-19/h9-10,13-16H,6-8,11-12H2,1-5H3,(H,29,31)(H,30,32). The molecule has 0 unspecified atom stereocenters. The lowest BCUT2D eigenvalue weighted by atomic mass is 10.1. The summed E-state index contributed by atoms with van der Waals surface area (Å²) in [5.41, 5.74) is 8.41. The smallest absolute Gasteiger partial charge is 0.269 e. The molecule has 1 heterocycles. The van der Waals surface area contributed by atoms with Crippen LogP contribution in [0.1, 0.15) is 54.6 Å². The van der Waals surface area contributed by atoms with Crippen LogP contribution in [0, 0.1) is 13.8 Å². The molecule has 2 N–H and O–H groups in total. The van der Waals surface area contributed by atoms with Gasteiger partial charge in [0.05, 0.1) is 26.0 Å². The summed E-state index contributed by atoms with van der Waals surface area (Å²) in [4.78, 5) is 29.3. The maximum atomic E-state index is 12.7. The van der Waals surface area contributed by atoms with E-state index in [1.807, 2.05) is 52.8 Å². The summed E-state index contributed by atoms with van der Waals surface area (Å²) in [5, 5.41) is 0. The van der Waals surface area contributed by atoms with E-state index in [2.05, 4.69) is 15.8 Å². The molecule has 9 nitrogen and oxygen atoms in total. The highest BCUT2D eigenvalue weighted by Crippen LogP contribution is 2.39. The minimum atomic E-state index is -0.513. The summed E-state index contributed by atoms with van der Waals surface area (Å²) in [6.45, 7) is 10.8. The van der Waals surface area contributed by atoms with E-state index in [9.17, 15) is 9.59 Å². The lowest BCUT2D eigenvalue weighted by Gasteiger charge is -2.17. The number of nitrogens with one attached hydrogen (secondary N) is 2. The Bertz CT molecular complexity index is 1180. The van der Waals surface area contributed by atoms with Crippen LogP contribution in [0.4, 0.5) is 0 Å². The van der Waals surface area contributed by atoms with Crippen LogP contribution in [-0.4, -0.2) is 36.6 Å². The molecule has 0 aliphatic heterocycles. The van der Waals surface area contributed by atoms with E-state index in [1.54, 1.807) is 18.3 Å². The molecule has 0 radical (unpaired) electrons. The van der Waals surface area contributed by atoms with Crippen LogP contribution in [0.5, 0.6) is 17.2 Å². The van der Waals surface area contributed by atoms with E-state index in [1.165, 1.54) is 5.56 Å². The maximum absolute atomic E-state index is 12.7. The van der Waals surface area contributed by atoms with Crippen molar-refractivity contribution < 1.29 is 28.2 Å². The second-order valence-corrected chi connectivity index (χ2v) is 8.02. The summed E-state index contributed by atoms with van der Waals surface area (Å²) < 4.78 is 22.7. The van der Waals surface area contributed by atoms with Gasteiger partial charge in [-0.15, -0.1) is 0 Å². The van der Waals surface area contributed by atoms with Gasteiger partial charge in [-0.3, -0.25) is 20.4 Å². The van der Waals surface area contributed by atoms with Gasteiger partial charge in [0.15, 0.2) is 23.1 Å². The van der Waals surface area contributed by atoms with Gasteiger partial charge in [0, 0.05) is 24.0 Å². The monoisotopic (exact) mass is 495 g/mol. The summed E-state index contributed by atoms with van der Waals surface area (Å²) in [6.07, 6.45) is 2.03. The van der Waals surface area contributed by atoms with Crippen molar-refractivity contribution in [3.8, 4) is 28.6 Å². The number of carbonyl (C=O) groups excluding carboxylic acids is 2. The second-order valence-electron chi connectivity index (χ2n) is 8.02. The normalized spacial score (nSPS) is 10.6. The number of ether oxygens (including phenoxy) is 3. The highest BCUT2D eigenvalue weighted by molar-refractivity contribution is 5.96.